The number of nitrogens with zero attached hydrogens (tertiary/aromatic N) is 1. The first-order valence-corrected chi connectivity index (χ1v) is 6.78. The van der Waals surface area contributed by atoms with Gasteiger partial charge in [-0.05, 0) is 42.5 Å². The van der Waals surface area contributed by atoms with Crippen LogP contribution in [0.25, 0.3) is 0 Å². The van der Waals surface area contributed by atoms with Crippen molar-refractivity contribution in [3.05, 3.63) is 34.3 Å². The third kappa shape index (κ3) is 2.88. The molecular formula is C14H18Cl2N2O. The first-order valence-electron chi connectivity index (χ1n) is 6.40. The highest BCUT2D eigenvalue weighted by atomic mass is 35.5. The molecule has 2 saturated heterocycles. The minimum atomic E-state index is 0. The number of amides is 1. The van der Waals surface area contributed by atoms with Crippen molar-refractivity contribution >= 4 is 29.9 Å². The van der Waals surface area contributed by atoms with Gasteiger partial charge in [-0.25, -0.2) is 0 Å². The van der Waals surface area contributed by atoms with Crippen molar-refractivity contribution in [3.8, 4) is 0 Å². The second-order valence-electron chi connectivity index (χ2n) is 5.41. The fourth-order valence-corrected chi connectivity index (χ4v) is 3.35. The predicted octanol–water partition coefficient (Wildman–Crippen LogP) is 2.36. The van der Waals surface area contributed by atoms with Crippen LogP contribution in [0.3, 0.4) is 0 Å². The summed E-state index contributed by atoms with van der Waals surface area (Å²) in [4.78, 5) is 14.4. The Labute approximate surface area is 124 Å². The lowest BCUT2D eigenvalue weighted by molar-refractivity contribution is 0.0781. The zero-order valence-electron chi connectivity index (χ0n) is 10.9. The molecule has 0 saturated carbocycles. The predicted molar refractivity (Wildman–Crippen MR) is 79.2 cm³/mol. The Morgan fingerprint density at radius 2 is 1.89 bits per heavy atom. The minimum Gasteiger partial charge on any atom is -0.338 e. The van der Waals surface area contributed by atoms with E-state index in [2.05, 4.69) is 5.32 Å². The number of aryl methyl sites for hydroxylation is 1. The van der Waals surface area contributed by atoms with Gasteiger partial charge in [0.1, 0.15) is 0 Å². The van der Waals surface area contributed by atoms with E-state index in [1.165, 1.54) is 0 Å². The zero-order valence-corrected chi connectivity index (χ0v) is 12.4. The molecule has 1 amide bonds. The summed E-state index contributed by atoms with van der Waals surface area (Å²) in [5, 5.41) is 4.02. The minimum absolute atomic E-state index is 0. The molecule has 0 radical (unpaired) electrons. The lowest BCUT2D eigenvalue weighted by Crippen LogP contribution is -2.31. The Balaban J connectivity index is 0.00000133. The average Bonchev–Trinajstić information content (AvgIpc) is 2.86. The molecule has 2 aliphatic rings. The van der Waals surface area contributed by atoms with E-state index in [1.807, 2.05) is 24.0 Å². The van der Waals surface area contributed by atoms with Crippen LogP contribution in [-0.4, -0.2) is 37.0 Å². The molecule has 1 N–H and O–H groups in total. The molecule has 1 aromatic rings. The van der Waals surface area contributed by atoms with Gasteiger partial charge >= 0.3 is 0 Å². The van der Waals surface area contributed by atoms with Gasteiger partial charge in [0, 0.05) is 36.8 Å². The summed E-state index contributed by atoms with van der Waals surface area (Å²) >= 11 is 6.02. The number of carbonyl (C=O) groups excluding carboxylic acids is 1. The summed E-state index contributed by atoms with van der Waals surface area (Å²) in [5.41, 5.74) is 1.75. The van der Waals surface area contributed by atoms with Crippen molar-refractivity contribution in [2.75, 3.05) is 26.2 Å². The van der Waals surface area contributed by atoms with Gasteiger partial charge in [-0.2, -0.15) is 0 Å². The molecule has 19 heavy (non-hydrogen) atoms. The van der Waals surface area contributed by atoms with E-state index in [0.717, 1.165) is 31.7 Å². The number of rotatable bonds is 1. The summed E-state index contributed by atoms with van der Waals surface area (Å²) < 4.78 is 0. The highest BCUT2D eigenvalue weighted by Gasteiger charge is 2.38. The summed E-state index contributed by atoms with van der Waals surface area (Å²) in [6, 6.07) is 5.56. The first kappa shape index (κ1) is 14.6. The summed E-state index contributed by atoms with van der Waals surface area (Å²) in [6.45, 7) is 5.81. The normalized spacial score (nSPS) is 25.1. The van der Waals surface area contributed by atoms with Gasteiger partial charge in [0.15, 0.2) is 0 Å². The molecule has 3 nitrogen and oxygen atoms in total. The maximum absolute atomic E-state index is 12.4. The molecule has 0 aromatic heterocycles. The Hall–Kier alpha value is -0.770. The third-order valence-corrected chi connectivity index (χ3v) is 4.18. The molecule has 0 unspecified atom stereocenters. The lowest BCUT2D eigenvalue weighted by Gasteiger charge is -2.18. The SMILES string of the molecule is Cc1cc(Cl)cc(C(=O)N2C[C@H]3CNC[C@H]3C2)c1.Cl. The van der Waals surface area contributed by atoms with Crippen LogP contribution < -0.4 is 5.32 Å². The fourth-order valence-electron chi connectivity index (χ4n) is 3.06. The molecule has 104 valence electrons. The highest BCUT2D eigenvalue weighted by Crippen LogP contribution is 2.28. The van der Waals surface area contributed by atoms with E-state index >= 15 is 0 Å². The van der Waals surface area contributed by atoms with E-state index in [0.29, 0.717) is 22.4 Å². The van der Waals surface area contributed by atoms with Crippen LogP contribution in [0.15, 0.2) is 18.2 Å². The largest absolute Gasteiger partial charge is 0.338 e. The van der Waals surface area contributed by atoms with Crippen molar-refractivity contribution in [1.82, 2.24) is 10.2 Å². The van der Waals surface area contributed by atoms with E-state index in [1.54, 1.807) is 6.07 Å². The molecule has 0 bridgehead atoms. The molecule has 2 fully saturated rings. The molecule has 5 heteroatoms. The smallest absolute Gasteiger partial charge is 0.253 e. The molecule has 3 rings (SSSR count). The number of carbonyl (C=O) groups is 1. The molecule has 2 atom stereocenters. The lowest BCUT2D eigenvalue weighted by atomic mass is 10.0. The van der Waals surface area contributed by atoms with Crippen LogP contribution >= 0.6 is 24.0 Å². The van der Waals surface area contributed by atoms with E-state index in [-0.39, 0.29) is 18.3 Å². The number of benzene rings is 1. The van der Waals surface area contributed by atoms with Gasteiger partial charge in [-0.15, -0.1) is 12.4 Å². The highest BCUT2D eigenvalue weighted by molar-refractivity contribution is 6.31. The van der Waals surface area contributed by atoms with Crippen molar-refractivity contribution in [2.45, 2.75) is 6.92 Å². The quantitative estimate of drug-likeness (QED) is 0.863. The van der Waals surface area contributed by atoms with Crippen molar-refractivity contribution in [2.24, 2.45) is 11.8 Å². The Morgan fingerprint density at radius 3 is 2.47 bits per heavy atom. The average molecular weight is 301 g/mol. The summed E-state index contributed by atoms with van der Waals surface area (Å²) in [7, 11) is 0. The monoisotopic (exact) mass is 300 g/mol. The summed E-state index contributed by atoms with van der Waals surface area (Å²) in [5.74, 6) is 1.39. The van der Waals surface area contributed by atoms with Gasteiger partial charge in [0.25, 0.3) is 5.91 Å². The maximum atomic E-state index is 12.4. The van der Waals surface area contributed by atoms with Crippen LogP contribution in [-0.2, 0) is 0 Å². The van der Waals surface area contributed by atoms with Gasteiger partial charge < -0.3 is 10.2 Å². The van der Waals surface area contributed by atoms with Crippen molar-refractivity contribution in [3.63, 3.8) is 0 Å². The number of nitrogens with one attached hydrogen (secondary N) is 1. The Morgan fingerprint density at radius 1 is 1.26 bits per heavy atom. The molecule has 2 aliphatic heterocycles. The van der Waals surface area contributed by atoms with Gasteiger partial charge in [0.05, 0.1) is 0 Å². The third-order valence-electron chi connectivity index (χ3n) is 3.97. The first-order chi connectivity index (χ1) is 8.63. The van der Waals surface area contributed by atoms with Crippen LogP contribution in [0.1, 0.15) is 15.9 Å². The zero-order chi connectivity index (χ0) is 12.7. The Kier molecular flexibility index (Phi) is 4.39. The molecule has 0 spiro atoms. The Bertz CT molecular complexity index is 460. The van der Waals surface area contributed by atoms with Crippen molar-refractivity contribution in [1.29, 1.82) is 0 Å². The molecule has 0 aliphatic carbocycles. The molecule has 2 heterocycles. The number of halogens is 2. The van der Waals surface area contributed by atoms with Crippen LogP contribution in [0, 0.1) is 18.8 Å². The second-order valence-corrected chi connectivity index (χ2v) is 5.84. The van der Waals surface area contributed by atoms with Crippen LogP contribution in [0.4, 0.5) is 0 Å². The molecule has 1 aromatic carbocycles. The van der Waals surface area contributed by atoms with Gasteiger partial charge in [0.2, 0.25) is 0 Å². The van der Waals surface area contributed by atoms with E-state index < -0.39 is 0 Å². The standard InChI is InChI=1S/C14H17ClN2O.ClH/c1-9-2-10(4-13(15)3-9)14(18)17-7-11-5-16-6-12(11)8-17;/h2-4,11-12,16H,5-8H2,1H3;1H/t11-,12+;. The van der Waals surface area contributed by atoms with E-state index in [9.17, 15) is 4.79 Å². The van der Waals surface area contributed by atoms with Gasteiger partial charge in [-0.1, -0.05) is 11.6 Å². The molecular weight excluding hydrogens is 283 g/mol. The maximum Gasteiger partial charge on any atom is 0.253 e. The number of likely N-dealkylation sites (tertiary alicyclic amines) is 1. The topological polar surface area (TPSA) is 32.3 Å². The second kappa shape index (κ2) is 5.70. The van der Waals surface area contributed by atoms with Crippen molar-refractivity contribution < 1.29 is 4.79 Å². The van der Waals surface area contributed by atoms with Gasteiger partial charge in [-0.3, -0.25) is 4.79 Å². The van der Waals surface area contributed by atoms with E-state index in [4.69, 9.17) is 11.6 Å². The summed E-state index contributed by atoms with van der Waals surface area (Å²) in [6.07, 6.45) is 0. The van der Waals surface area contributed by atoms with Crippen LogP contribution in [0.2, 0.25) is 5.02 Å². The number of hydrogen-bond acceptors (Lipinski definition) is 2. The van der Waals surface area contributed by atoms with Crippen LogP contribution in [0.5, 0.6) is 0 Å². The number of fused-ring (bicyclic) bond motifs is 1. The number of hydrogen-bond donors (Lipinski definition) is 1. The fraction of sp³-hybridized carbons (Fsp3) is 0.500.